The summed E-state index contributed by atoms with van der Waals surface area (Å²) in [5, 5.41) is 3.13. The third-order valence-corrected chi connectivity index (χ3v) is 3.48. The summed E-state index contributed by atoms with van der Waals surface area (Å²) in [6.45, 7) is 4.44. The van der Waals surface area contributed by atoms with Gasteiger partial charge in [0.2, 0.25) is 5.88 Å². The maximum atomic E-state index is 11.2. The lowest BCUT2D eigenvalue weighted by Gasteiger charge is -2.09. The molecule has 5 nitrogen and oxygen atoms in total. The number of hydrogen-bond acceptors (Lipinski definition) is 5. The molecule has 90 valence electrons. The van der Waals surface area contributed by atoms with Gasteiger partial charge in [0.15, 0.2) is 0 Å². The van der Waals surface area contributed by atoms with E-state index in [-0.39, 0.29) is 0 Å². The van der Waals surface area contributed by atoms with Gasteiger partial charge in [0, 0.05) is 28.9 Å². The van der Waals surface area contributed by atoms with Gasteiger partial charge in [0.05, 0.1) is 12.7 Å². The van der Waals surface area contributed by atoms with Crippen molar-refractivity contribution in [3.05, 3.63) is 11.9 Å². The van der Waals surface area contributed by atoms with E-state index in [4.69, 9.17) is 4.74 Å². The van der Waals surface area contributed by atoms with Gasteiger partial charge in [-0.1, -0.05) is 6.92 Å². The number of ether oxygens (including phenoxy) is 1. The van der Waals surface area contributed by atoms with Crippen LogP contribution in [0.5, 0.6) is 5.88 Å². The quantitative estimate of drug-likeness (QED) is 0.806. The van der Waals surface area contributed by atoms with E-state index in [1.807, 2.05) is 13.8 Å². The van der Waals surface area contributed by atoms with Crippen molar-refractivity contribution in [2.24, 2.45) is 0 Å². The molecule has 0 spiro atoms. The van der Waals surface area contributed by atoms with E-state index in [2.05, 4.69) is 15.3 Å². The molecule has 0 aliphatic carbocycles. The molecule has 0 bridgehead atoms. The van der Waals surface area contributed by atoms with E-state index in [1.165, 1.54) is 6.33 Å². The number of nitrogens with one attached hydrogen (secondary N) is 1. The first-order valence-electron chi connectivity index (χ1n) is 5.13. The highest BCUT2D eigenvalue weighted by molar-refractivity contribution is 7.84. The SMILES string of the molecule is CCS(=O)CCNc1ncnc(OC)c1C. The highest BCUT2D eigenvalue weighted by Gasteiger charge is 2.06. The molecule has 1 atom stereocenters. The zero-order valence-corrected chi connectivity index (χ0v) is 10.6. The van der Waals surface area contributed by atoms with Crippen molar-refractivity contribution < 1.29 is 8.95 Å². The lowest BCUT2D eigenvalue weighted by atomic mass is 10.3. The summed E-state index contributed by atoms with van der Waals surface area (Å²) >= 11 is 0. The Morgan fingerprint density at radius 2 is 2.25 bits per heavy atom. The van der Waals surface area contributed by atoms with Crippen molar-refractivity contribution in [3.63, 3.8) is 0 Å². The van der Waals surface area contributed by atoms with Crippen molar-refractivity contribution in [3.8, 4) is 5.88 Å². The number of rotatable bonds is 6. The smallest absolute Gasteiger partial charge is 0.221 e. The van der Waals surface area contributed by atoms with Crippen molar-refractivity contribution in [2.75, 3.05) is 30.5 Å². The predicted molar refractivity (Wildman–Crippen MR) is 65.4 cm³/mol. The van der Waals surface area contributed by atoms with Gasteiger partial charge in [-0.3, -0.25) is 4.21 Å². The van der Waals surface area contributed by atoms with Crippen molar-refractivity contribution >= 4 is 16.6 Å². The maximum Gasteiger partial charge on any atom is 0.221 e. The molecule has 1 rings (SSSR count). The molecule has 0 saturated heterocycles. The summed E-state index contributed by atoms with van der Waals surface area (Å²) in [6, 6.07) is 0. The average molecular weight is 243 g/mol. The van der Waals surface area contributed by atoms with Crippen molar-refractivity contribution in [2.45, 2.75) is 13.8 Å². The summed E-state index contributed by atoms with van der Waals surface area (Å²) in [5.41, 5.74) is 0.868. The molecule has 0 fully saturated rings. The van der Waals surface area contributed by atoms with E-state index >= 15 is 0 Å². The first kappa shape index (κ1) is 12.9. The molecule has 0 aliphatic heterocycles. The average Bonchev–Trinajstić information content (AvgIpc) is 2.31. The second-order valence-electron chi connectivity index (χ2n) is 3.22. The minimum Gasteiger partial charge on any atom is -0.481 e. The largest absolute Gasteiger partial charge is 0.481 e. The van der Waals surface area contributed by atoms with Gasteiger partial charge in [-0.05, 0) is 6.92 Å². The molecule has 0 radical (unpaired) electrons. The van der Waals surface area contributed by atoms with E-state index in [1.54, 1.807) is 7.11 Å². The highest BCUT2D eigenvalue weighted by atomic mass is 32.2. The summed E-state index contributed by atoms with van der Waals surface area (Å²) in [6.07, 6.45) is 1.45. The minimum atomic E-state index is -0.752. The Bertz CT molecular complexity index is 371. The van der Waals surface area contributed by atoms with Crippen LogP contribution in [0.1, 0.15) is 12.5 Å². The van der Waals surface area contributed by atoms with Crippen LogP contribution in [0.25, 0.3) is 0 Å². The zero-order valence-electron chi connectivity index (χ0n) is 9.82. The first-order valence-corrected chi connectivity index (χ1v) is 6.62. The number of hydrogen-bond donors (Lipinski definition) is 1. The van der Waals surface area contributed by atoms with Crippen LogP contribution in [0.4, 0.5) is 5.82 Å². The standard InChI is InChI=1S/C10H17N3O2S/c1-4-16(14)6-5-11-9-8(2)10(15-3)13-7-12-9/h7H,4-6H2,1-3H3,(H,11,12,13). The Morgan fingerprint density at radius 1 is 1.50 bits per heavy atom. The van der Waals surface area contributed by atoms with Crippen LogP contribution in [-0.2, 0) is 10.8 Å². The third kappa shape index (κ3) is 3.44. The number of methoxy groups -OCH3 is 1. The Kier molecular flexibility index (Phi) is 5.18. The molecule has 1 aromatic rings. The fourth-order valence-corrected chi connectivity index (χ4v) is 1.86. The molecule has 1 N–H and O–H groups in total. The van der Waals surface area contributed by atoms with Crippen LogP contribution in [0.15, 0.2) is 6.33 Å². The fourth-order valence-electron chi connectivity index (χ4n) is 1.25. The molecule has 1 unspecified atom stereocenters. The Labute approximate surface area is 98.1 Å². The predicted octanol–water partition coefficient (Wildman–Crippen LogP) is 0.974. The summed E-state index contributed by atoms with van der Waals surface area (Å²) in [7, 11) is 0.823. The second-order valence-corrected chi connectivity index (χ2v) is 5.08. The van der Waals surface area contributed by atoms with Crippen molar-refractivity contribution in [1.29, 1.82) is 0 Å². The normalized spacial score (nSPS) is 12.2. The summed E-state index contributed by atoms with van der Waals surface area (Å²) < 4.78 is 16.3. The summed E-state index contributed by atoms with van der Waals surface area (Å²) in [4.78, 5) is 8.09. The number of nitrogens with zero attached hydrogens (tertiary/aromatic N) is 2. The Morgan fingerprint density at radius 3 is 2.88 bits per heavy atom. The van der Waals surface area contributed by atoms with E-state index in [9.17, 15) is 4.21 Å². The second kappa shape index (κ2) is 6.42. The van der Waals surface area contributed by atoms with Gasteiger partial charge < -0.3 is 10.1 Å². The minimum absolute atomic E-state index is 0.564. The van der Waals surface area contributed by atoms with Crippen LogP contribution in [0, 0.1) is 6.92 Å². The molecule has 0 amide bonds. The fraction of sp³-hybridized carbons (Fsp3) is 0.600. The van der Waals surface area contributed by atoms with Crippen LogP contribution >= 0.6 is 0 Å². The molecule has 1 aromatic heterocycles. The monoisotopic (exact) mass is 243 g/mol. The summed E-state index contributed by atoms with van der Waals surface area (Å²) in [5.74, 6) is 2.62. The number of aromatic nitrogens is 2. The van der Waals surface area contributed by atoms with Crippen LogP contribution in [0.3, 0.4) is 0 Å². The van der Waals surface area contributed by atoms with Gasteiger partial charge >= 0.3 is 0 Å². The number of anilines is 1. The molecular formula is C10H17N3O2S. The third-order valence-electron chi connectivity index (χ3n) is 2.18. The molecular weight excluding hydrogens is 226 g/mol. The van der Waals surface area contributed by atoms with E-state index in [0.717, 1.165) is 11.4 Å². The van der Waals surface area contributed by atoms with E-state index < -0.39 is 10.8 Å². The molecule has 6 heteroatoms. The Balaban J connectivity index is 2.57. The highest BCUT2D eigenvalue weighted by Crippen LogP contribution is 2.19. The van der Waals surface area contributed by atoms with Gasteiger partial charge in [-0.2, -0.15) is 0 Å². The first-order chi connectivity index (χ1) is 7.69. The zero-order chi connectivity index (χ0) is 12.0. The van der Waals surface area contributed by atoms with Crippen molar-refractivity contribution in [1.82, 2.24) is 9.97 Å². The van der Waals surface area contributed by atoms with Gasteiger partial charge in [0.25, 0.3) is 0 Å². The van der Waals surface area contributed by atoms with E-state index in [0.29, 0.717) is 23.9 Å². The molecule has 0 aromatic carbocycles. The molecule has 16 heavy (non-hydrogen) atoms. The Hall–Kier alpha value is -1.17. The maximum absolute atomic E-state index is 11.2. The molecule has 0 saturated carbocycles. The van der Waals surface area contributed by atoms with Gasteiger partial charge in [-0.15, -0.1) is 0 Å². The van der Waals surface area contributed by atoms with Gasteiger partial charge in [0.1, 0.15) is 12.1 Å². The lowest BCUT2D eigenvalue weighted by Crippen LogP contribution is -2.14. The van der Waals surface area contributed by atoms with Crippen LogP contribution < -0.4 is 10.1 Å². The van der Waals surface area contributed by atoms with Gasteiger partial charge in [-0.25, -0.2) is 9.97 Å². The van der Waals surface area contributed by atoms with Crippen LogP contribution in [0.2, 0.25) is 0 Å². The van der Waals surface area contributed by atoms with Crippen LogP contribution in [-0.4, -0.2) is 39.3 Å². The molecule has 1 heterocycles. The lowest BCUT2D eigenvalue weighted by molar-refractivity contribution is 0.393. The molecule has 0 aliphatic rings. The topological polar surface area (TPSA) is 64.1 Å².